The fourth-order valence-electron chi connectivity index (χ4n) is 3.14. The van der Waals surface area contributed by atoms with Crippen LogP contribution in [0.5, 0.6) is 5.75 Å². The molecule has 7 nitrogen and oxygen atoms in total. The van der Waals surface area contributed by atoms with Gasteiger partial charge in [0.1, 0.15) is 5.75 Å². The van der Waals surface area contributed by atoms with Crippen LogP contribution in [0, 0.1) is 0 Å². The second-order valence-electron chi connectivity index (χ2n) is 7.35. The zero-order valence-electron chi connectivity index (χ0n) is 18.4. The third-order valence-corrected chi connectivity index (χ3v) is 4.47. The quantitative estimate of drug-likeness (QED) is 0.325. The monoisotopic (exact) mass is 391 g/mol. The van der Waals surface area contributed by atoms with Crippen LogP contribution < -0.4 is 20.7 Å². The number of hydrogen-bond acceptors (Lipinski definition) is 4. The van der Waals surface area contributed by atoms with Crippen molar-refractivity contribution in [2.75, 3.05) is 32.6 Å². The lowest BCUT2D eigenvalue weighted by atomic mass is 10.2. The largest absolute Gasteiger partial charge is 0.495 e. The zero-order chi connectivity index (χ0) is 21.1. The molecule has 1 aromatic carbocycles. The summed E-state index contributed by atoms with van der Waals surface area (Å²) in [6.45, 7) is 12.9. The Balaban J connectivity index is 2.53. The number of nitrogens with zero attached hydrogens (tertiary/aromatic N) is 2. The molecule has 0 aliphatic heterocycles. The standard InChI is InChI=1S/C21H37N5O2/c1-15(2)26(16(3)4)12-8-11-23-21(22-6)24-14-18-9-10-20(28-7)19(13-18)25-17(5)27/h9-10,13,15-16H,8,11-12,14H2,1-7H3,(H,25,27)(H2,22,23,24). The average Bonchev–Trinajstić information content (AvgIpc) is 2.63. The van der Waals surface area contributed by atoms with E-state index in [1.165, 1.54) is 6.92 Å². The van der Waals surface area contributed by atoms with E-state index >= 15 is 0 Å². The minimum atomic E-state index is -0.127. The van der Waals surface area contributed by atoms with Gasteiger partial charge in [-0.3, -0.25) is 14.7 Å². The van der Waals surface area contributed by atoms with E-state index in [9.17, 15) is 4.79 Å². The number of ether oxygens (including phenoxy) is 1. The van der Waals surface area contributed by atoms with Crippen LogP contribution in [0.25, 0.3) is 0 Å². The predicted octanol–water partition coefficient (Wildman–Crippen LogP) is 2.83. The highest BCUT2D eigenvalue weighted by molar-refractivity contribution is 5.90. The molecule has 1 aromatic rings. The van der Waals surface area contributed by atoms with Gasteiger partial charge in [-0.25, -0.2) is 0 Å². The summed E-state index contributed by atoms with van der Waals surface area (Å²) in [5.74, 6) is 1.27. The van der Waals surface area contributed by atoms with Crippen molar-refractivity contribution in [1.29, 1.82) is 0 Å². The molecular formula is C21H37N5O2. The Bertz CT molecular complexity index is 636. The first kappa shape index (κ1) is 23.8. The third kappa shape index (κ3) is 8.17. The van der Waals surface area contributed by atoms with Gasteiger partial charge in [0, 0.05) is 45.7 Å². The second kappa shape index (κ2) is 12.2. The molecule has 0 unspecified atom stereocenters. The van der Waals surface area contributed by atoms with Gasteiger partial charge < -0.3 is 20.7 Å². The van der Waals surface area contributed by atoms with E-state index < -0.39 is 0 Å². The average molecular weight is 392 g/mol. The first-order chi connectivity index (χ1) is 13.3. The van der Waals surface area contributed by atoms with Gasteiger partial charge in [0.05, 0.1) is 12.8 Å². The summed E-state index contributed by atoms with van der Waals surface area (Å²) in [5.41, 5.74) is 1.69. The highest BCUT2D eigenvalue weighted by Gasteiger charge is 2.12. The molecule has 0 atom stereocenters. The number of anilines is 1. The topological polar surface area (TPSA) is 78.0 Å². The van der Waals surface area contributed by atoms with Crippen molar-refractivity contribution in [1.82, 2.24) is 15.5 Å². The maximum atomic E-state index is 11.4. The fourth-order valence-corrected chi connectivity index (χ4v) is 3.14. The van der Waals surface area contributed by atoms with Gasteiger partial charge >= 0.3 is 0 Å². The lowest BCUT2D eigenvalue weighted by Crippen LogP contribution is -2.41. The number of benzene rings is 1. The summed E-state index contributed by atoms with van der Waals surface area (Å²) >= 11 is 0. The zero-order valence-corrected chi connectivity index (χ0v) is 18.4. The normalized spacial score (nSPS) is 11.9. The molecule has 0 heterocycles. The van der Waals surface area contributed by atoms with Gasteiger partial charge in [0.15, 0.2) is 5.96 Å². The highest BCUT2D eigenvalue weighted by atomic mass is 16.5. The molecule has 28 heavy (non-hydrogen) atoms. The summed E-state index contributed by atoms with van der Waals surface area (Å²) in [5, 5.41) is 9.46. The van der Waals surface area contributed by atoms with Crippen LogP contribution in [0.4, 0.5) is 5.69 Å². The van der Waals surface area contributed by atoms with Crippen molar-refractivity contribution in [2.24, 2.45) is 4.99 Å². The second-order valence-corrected chi connectivity index (χ2v) is 7.35. The van der Waals surface area contributed by atoms with Crippen LogP contribution in [-0.2, 0) is 11.3 Å². The minimum absolute atomic E-state index is 0.127. The van der Waals surface area contributed by atoms with Crippen molar-refractivity contribution in [3.05, 3.63) is 23.8 Å². The minimum Gasteiger partial charge on any atom is -0.495 e. The van der Waals surface area contributed by atoms with Crippen LogP contribution in [0.2, 0.25) is 0 Å². The van der Waals surface area contributed by atoms with E-state index in [2.05, 4.69) is 53.5 Å². The summed E-state index contributed by atoms with van der Waals surface area (Å²) in [4.78, 5) is 18.1. The maximum Gasteiger partial charge on any atom is 0.221 e. The Morgan fingerprint density at radius 3 is 2.39 bits per heavy atom. The Hall–Kier alpha value is -2.28. The van der Waals surface area contributed by atoms with Crippen LogP contribution >= 0.6 is 0 Å². The number of methoxy groups -OCH3 is 1. The number of carbonyl (C=O) groups is 1. The van der Waals surface area contributed by atoms with Gasteiger partial charge in [-0.05, 0) is 51.8 Å². The number of nitrogens with one attached hydrogen (secondary N) is 3. The molecule has 158 valence electrons. The highest BCUT2D eigenvalue weighted by Crippen LogP contribution is 2.25. The van der Waals surface area contributed by atoms with Crippen molar-refractivity contribution in [3.63, 3.8) is 0 Å². The predicted molar refractivity (Wildman–Crippen MR) is 117 cm³/mol. The van der Waals surface area contributed by atoms with Gasteiger partial charge in [-0.1, -0.05) is 6.07 Å². The molecule has 0 aromatic heterocycles. The van der Waals surface area contributed by atoms with Gasteiger partial charge in [0.2, 0.25) is 5.91 Å². The summed E-state index contributed by atoms with van der Waals surface area (Å²) in [7, 11) is 3.35. The van der Waals surface area contributed by atoms with E-state index in [0.717, 1.165) is 31.0 Å². The van der Waals surface area contributed by atoms with E-state index in [1.54, 1.807) is 14.2 Å². The number of hydrogen-bond donors (Lipinski definition) is 3. The van der Waals surface area contributed by atoms with E-state index in [-0.39, 0.29) is 5.91 Å². The Labute approximate surface area is 169 Å². The van der Waals surface area contributed by atoms with Crippen molar-refractivity contribution in [2.45, 2.75) is 59.7 Å². The van der Waals surface area contributed by atoms with Crippen LogP contribution in [0.1, 0.15) is 46.6 Å². The fraction of sp³-hybridized carbons (Fsp3) is 0.619. The van der Waals surface area contributed by atoms with E-state index in [4.69, 9.17) is 4.74 Å². The van der Waals surface area contributed by atoms with Crippen molar-refractivity contribution in [3.8, 4) is 5.75 Å². The molecule has 0 bridgehead atoms. The molecule has 0 saturated heterocycles. The molecular weight excluding hydrogens is 354 g/mol. The lowest BCUT2D eigenvalue weighted by molar-refractivity contribution is -0.114. The molecule has 7 heteroatoms. The van der Waals surface area contributed by atoms with Crippen molar-refractivity contribution < 1.29 is 9.53 Å². The SMILES string of the molecule is CN=C(NCCCN(C(C)C)C(C)C)NCc1ccc(OC)c(NC(C)=O)c1. The first-order valence-corrected chi connectivity index (χ1v) is 9.93. The number of carbonyl (C=O) groups excluding carboxylic acids is 1. The molecule has 0 aliphatic carbocycles. The first-order valence-electron chi connectivity index (χ1n) is 9.93. The van der Waals surface area contributed by atoms with E-state index in [0.29, 0.717) is 30.1 Å². The van der Waals surface area contributed by atoms with Crippen LogP contribution in [-0.4, -0.2) is 56.1 Å². The molecule has 1 amide bonds. The Morgan fingerprint density at radius 2 is 1.86 bits per heavy atom. The number of rotatable bonds is 10. The van der Waals surface area contributed by atoms with Crippen molar-refractivity contribution >= 4 is 17.6 Å². The summed E-state index contributed by atoms with van der Waals surface area (Å²) in [6.07, 6.45) is 1.05. The number of amides is 1. The molecule has 1 rings (SSSR count). The molecule has 0 saturated carbocycles. The smallest absolute Gasteiger partial charge is 0.221 e. The lowest BCUT2D eigenvalue weighted by Gasteiger charge is -2.30. The van der Waals surface area contributed by atoms with Gasteiger partial charge in [-0.15, -0.1) is 0 Å². The summed E-state index contributed by atoms with van der Waals surface area (Å²) < 4.78 is 5.29. The Kier molecular flexibility index (Phi) is 10.4. The Morgan fingerprint density at radius 1 is 1.18 bits per heavy atom. The summed E-state index contributed by atoms with van der Waals surface area (Å²) in [6, 6.07) is 6.82. The third-order valence-electron chi connectivity index (χ3n) is 4.47. The number of aliphatic imine (C=N–C) groups is 1. The molecule has 0 aliphatic rings. The molecule has 0 spiro atoms. The maximum absolute atomic E-state index is 11.4. The van der Waals surface area contributed by atoms with Crippen LogP contribution in [0.15, 0.2) is 23.2 Å². The van der Waals surface area contributed by atoms with Gasteiger partial charge in [0.25, 0.3) is 0 Å². The van der Waals surface area contributed by atoms with Gasteiger partial charge in [-0.2, -0.15) is 0 Å². The molecule has 0 fully saturated rings. The molecule has 0 radical (unpaired) electrons. The van der Waals surface area contributed by atoms with Crippen LogP contribution in [0.3, 0.4) is 0 Å². The number of guanidine groups is 1. The van der Waals surface area contributed by atoms with E-state index in [1.807, 2.05) is 18.2 Å². The molecule has 3 N–H and O–H groups in total.